The molecule has 0 saturated heterocycles. The molecule has 0 unspecified atom stereocenters. The molecule has 0 aromatic heterocycles. The van der Waals surface area contributed by atoms with E-state index >= 15 is 0 Å². The number of alkyl carbamates (subject to hydrolysis) is 1. The first-order valence-corrected chi connectivity index (χ1v) is 6.32. The molecule has 0 aromatic carbocycles. The highest BCUT2D eigenvalue weighted by atomic mass is 16.6. The smallest absolute Gasteiger partial charge is 0.407 e. The lowest BCUT2D eigenvalue weighted by Crippen LogP contribution is -2.45. The molecule has 104 valence electrons. The Morgan fingerprint density at radius 3 is 2.50 bits per heavy atom. The van der Waals surface area contributed by atoms with Crippen molar-refractivity contribution in [3.8, 4) is 0 Å². The second kappa shape index (κ2) is 6.04. The molecule has 2 atom stereocenters. The molecule has 1 aliphatic carbocycles. The zero-order valence-electron chi connectivity index (χ0n) is 11.3. The fourth-order valence-corrected chi connectivity index (χ4v) is 2.15. The number of carbonyl (C=O) groups excluding carboxylic acids is 2. The summed E-state index contributed by atoms with van der Waals surface area (Å²) >= 11 is 0. The summed E-state index contributed by atoms with van der Waals surface area (Å²) in [6.07, 6.45) is 2.77. The van der Waals surface area contributed by atoms with Gasteiger partial charge in [0.25, 0.3) is 0 Å². The normalized spacial score (nSPS) is 24.2. The monoisotopic (exact) mass is 257 g/mol. The maximum Gasteiger partial charge on any atom is 0.407 e. The Labute approximate surface area is 108 Å². The molecule has 18 heavy (non-hydrogen) atoms. The average Bonchev–Trinajstić information content (AvgIpc) is 2.25. The number of nitrogens with one attached hydrogen (secondary N) is 2. The van der Waals surface area contributed by atoms with Crippen molar-refractivity contribution in [3.05, 3.63) is 0 Å². The predicted octanol–water partition coefficient (Wildman–Crippen LogP) is 1.06. The lowest BCUT2D eigenvalue weighted by molar-refractivity contribution is -0.126. The van der Waals surface area contributed by atoms with Crippen LogP contribution >= 0.6 is 0 Å². The summed E-state index contributed by atoms with van der Waals surface area (Å²) in [5.41, 5.74) is 1.66. The second-order valence-corrected chi connectivity index (χ2v) is 5.72. The van der Waals surface area contributed by atoms with Crippen molar-refractivity contribution in [1.29, 1.82) is 0 Å². The van der Waals surface area contributed by atoms with Crippen molar-refractivity contribution in [2.24, 2.45) is 11.8 Å². The lowest BCUT2D eigenvalue weighted by Gasteiger charge is -2.29. The van der Waals surface area contributed by atoms with Gasteiger partial charge in [-0.15, -0.1) is 0 Å². The van der Waals surface area contributed by atoms with Crippen LogP contribution in [0.3, 0.4) is 0 Å². The van der Waals surface area contributed by atoms with Crippen LogP contribution in [-0.2, 0) is 9.53 Å². The van der Waals surface area contributed by atoms with Crippen molar-refractivity contribution < 1.29 is 14.3 Å². The van der Waals surface area contributed by atoms with Gasteiger partial charge in [0.05, 0.1) is 0 Å². The van der Waals surface area contributed by atoms with Crippen molar-refractivity contribution >= 4 is 12.0 Å². The van der Waals surface area contributed by atoms with E-state index in [0.29, 0.717) is 6.42 Å². The van der Waals surface area contributed by atoms with Gasteiger partial charge in [0.15, 0.2) is 0 Å². The van der Waals surface area contributed by atoms with Crippen LogP contribution in [0.1, 0.15) is 46.5 Å². The molecule has 1 aliphatic rings. The van der Waals surface area contributed by atoms with Gasteiger partial charge in [0.1, 0.15) is 5.60 Å². The average molecular weight is 257 g/mol. The van der Waals surface area contributed by atoms with Crippen molar-refractivity contribution in [3.63, 3.8) is 0 Å². The zero-order chi connectivity index (χ0) is 13.8. The summed E-state index contributed by atoms with van der Waals surface area (Å²) in [5, 5.41) is 2.80. The van der Waals surface area contributed by atoms with Crippen LogP contribution in [0.15, 0.2) is 0 Å². The van der Waals surface area contributed by atoms with Crippen molar-refractivity contribution in [1.82, 2.24) is 10.7 Å². The first kappa shape index (κ1) is 14.8. The molecule has 0 heterocycles. The Hall–Kier alpha value is -1.30. The van der Waals surface area contributed by atoms with Crippen LogP contribution in [0.25, 0.3) is 0 Å². The molecule has 4 N–H and O–H groups in total. The third kappa shape index (κ3) is 4.91. The Balaban J connectivity index is 2.43. The molecule has 2 amide bonds. The summed E-state index contributed by atoms with van der Waals surface area (Å²) in [6.45, 7) is 5.45. The van der Waals surface area contributed by atoms with Crippen LogP contribution in [0.2, 0.25) is 0 Å². The molecular weight excluding hydrogens is 234 g/mol. The van der Waals surface area contributed by atoms with Crippen LogP contribution in [0, 0.1) is 5.92 Å². The third-order valence-electron chi connectivity index (χ3n) is 2.91. The molecule has 0 bridgehead atoms. The van der Waals surface area contributed by atoms with E-state index in [2.05, 4.69) is 10.7 Å². The van der Waals surface area contributed by atoms with Gasteiger partial charge in [0.2, 0.25) is 5.91 Å². The molecular formula is C12H23N3O3. The Bertz CT molecular complexity index is 312. The molecule has 1 saturated carbocycles. The van der Waals surface area contributed by atoms with E-state index in [4.69, 9.17) is 10.6 Å². The molecule has 0 aliphatic heterocycles. The summed E-state index contributed by atoms with van der Waals surface area (Å²) in [4.78, 5) is 23.1. The highest BCUT2D eigenvalue weighted by molar-refractivity contribution is 5.78. The van der Waals surface area contributed by atoms with Crippen LogP contribution in [-0.4, -0.2) is 23.6 Å². The Morgan fingerprint density at radius 1 is 1.28 bits per heavy atom. The summed E-state index contributed by atoms with van der Waals surface area (Å²) in [6, 6.07) is -0.0177. The number of hydrogen-bond donors (Lipinski definition) is 3. The van der Waals surface area contributed by atoms with Crippen molar-refractivity contribution in [2.75, 3.05) is 0 Å². The van der Waals surface area contributed by atoms with Crippen molar-refractivity contribution in [2.45, 2.75) is 58.1 Å². The molecule has 0 spiro atoms. The highest BCUT2D eigenvalue weighted by Gasteiger charge is 2.28. The van der Waals surface area contributed by atoms with E-state index in [9.17, 15) is 9.59 Å². The molecule has 1 rings (SSSR count). The van der Waals surface area contributed by atoms with Crippen LogP contribution < -0.4 is 16.6 Å². The second-order valence-electron chi connectivity index (χ2n) is 5.72. The Morgan fingerprint density at radius 2 is 1.94 bits per heavy atom. The molecule has 6 heteroatoms. The molecule has 1 fully saturated rings. The largest absolute Gasteiger partial charge is 0.444 e. The van der Waals surface area contributed by atoms with Crippen LogP contribution in [0.5, 0.6) is 0 Å². The first-order chi connectivity index (χ1) is 8.31. The van der Waals surface area contributed by atoms with Gasteiger partial charge in [-0.3, -0.25) is 10.2 Å². The summed E-state index contributed by atoms with van der Waals surface area (Å²) in [7, 11) is 0. The van der Waals surface area contributed by atoms with E-state index < -0.39 is 11.7 Å². The molecule has 0 aromatic rings. The fourth-order valence-electron chi connectivity index (χ4n) is 2.15. The third-order valence-corrected chi connectivity index (χ3v) is 2.91. The maximum absolute atomic E-state index is 11.6. The highest BCUT2D eigenvalue weighted by Crippen LogP contribution is 2.24. The van der Waals surface area contributed by atoms with Gasteiger partial charge in [-0.05, 0) is 40.0 Å². The predicted molar refractivity (Wildman–Crippen MR) is 67.4 cm³/mol. The Kier molecular flexibility index (Phi) is 4.95. The first-order valence-electron chi connectivity index (χ1n) is 6.32. The van der Waals surface area contributed by atoms with Gasteiger partial charge >= 0.3 is 6.09 Å². The topological polar surface area (TPSA) is 93.4 Å². The van der Waals surface area contributed by atoms with Gasteiger partial charge in [-0.1, -0.05) is 6.42 Å². The maximum atomic E-state index is 11.6. The van der Waals surface area contributed by atoms with E-state index in [-0.39, 0.29) is 17.9 Å². The summed E-state index contributed by atoms with van der Waals surface area (Å²) < 4.78 is 5.19. The SMILES string of the molecule is CC(C)(C)OC(=O)N[C@@H]1CCC[C@H](C(=O)NN)C1. The fraction of sp³-hybridized carbons (Fsp3) is 0.833. The number of hydrazine groups is 1. The lowest BCUT2D eigenvalue weighted by atomic mass is 9.85. The van der Waals surface area contributed by atoms with Crippen LogP contribution in [0.4, 0.5) is 4.79 Å². The molecule has 6 nitrogen and oxygen atoms in total. The molecule has 0 radical (unpaired) electrons. The van der Waals surface area contributed by atoms with E-state index in [0.717, 1.165) is 19.3 Å². The number of amides is 2. The van der Waals surface area contributed by atoms with Gasteiger partial charge in [-0.2, -0.15) is 0 Å². The number of nitrogens with two attached hydrogens (primary N) is 1. The number of rotatable bonds is 2. The number of hydrogen-bond acceptors (Lipinski definition) is 4. The van der Waals surface area contributed by atoms with Gasteiger partial charge in [0, 0.05) is 12.0 Å². The minimum absolute atomic E-state index is 0.0177. The zero-order valence-corrected chi connectivity index (χ0v) is 11.3. The minimum Gasteiger partial charge on any atom is -0.444 e. The van der Waals surface area contributed by atoms with E-state index in [1.807, 2.05) is 20.8 Å². The quantitative estimate of drug-likeness (QED) is 0.392. The minimum atomic E-state index is -0.507. The van der Waals surface area contributed by atoms with Gasteiger partial charge < -0.3 is 10.1 Å². The summed E-state index contributed by atoms with van der Waals surface area (Å²) in [5.74, 6) is 4.84. The van der Waals surface area contributed by atoms with E-state index in [1.54, 1.807) is 0 Å². The van der Waals surface area contributed by atoms with E-state index in [1.165, 1.54) is 0 Å². The number of ether oxygens (including phenoxy) is 1. The van der Waals surface area contributed by atoms with Gasteiger partial charge in [-0.25, -0.2) is 10.6 Å². The standard InChI is InChI=1S/C12H23N3O3/c1-12(2,3)18-11(17)14-9-6-4-5-8(7-9)10(16)15-13/h8-9H,4-7,13H2,1-3H3,(H,14,17)(H,15,16)/t8-,9+/m0/s1. The number of carbonyl (C=O) groups is 2.